The van der Waals surface area contributed by atoms with Crippen LogP contribution in [0.25, 0.3) is 0 Å². The SMILES string of the molecule is COc1ccc(F)cc1CS(=O)CC(=O)NCc1ccccc1C. The predicted octanol–water partition coefficient (Wildman–Crippen LogP) is 2.71. The van der Waals surface area contributed by atoms with E-state index in [1.165, 1.54) is 25.3 Å². The Bertz CT molecular complexity index is 749. The van der Waals surface area contributed by atoms with Crippen molar-refractivity contribution in [2.24, 2.45) is 0 Å². The average Bonchev–Trinajstić information content (AvgIpc) is 2.54. The first kappa shape index (κ1) is 18.1. The van der Waals surface area contributed by atoms with Crippen LogP contribution in [-0.4, -0.2) is 23.0 Å². The number of carbonyl (C=O) groups is 1. The molecule has 0 aliphatic rings. The van der Waals surface area contributed by atoms with Gasteiger partial charge in [-0.15, -0.1) is 0 Å². The molecule has 1 amide bonds. The molecule has 2 rings (SSSR count). The molecule has 0 radical (unpaired) electrons. The number of amides is 1. The molecule has 1 unspecified atom stereocenters. The molecule has 128 valence electrons. The third-order valence-corrected chi connectivity index (χ3v) is 4.81. The van der Waals surface area contributed by atoms with Crippen molar-refractivity contribution in [2.45, 2.75) is 19.2 Å². The Morgan fingerprint density at radius 1 is 1.21 bits per heavy atom. The second kappa shape index (κ2) is 8.59. The first-order valence-electron chi connectivity index (χ1n) is 7.48. The quantitative estimate of drug-likeness (QED) is 0.836. The summed E-state index contributed by atoms with van der Waals surface area (Å²) in [5, 5.41) is 2.76. The highest BCUT2D eigenvalue weighted by atomic mass is 32.2. The van der Waals surface area contributed by atoms with Crippen molar-refractivity contribution in [1.82, 2.24) is 5.32 Å². The van der Waals surface area contributed by atoms with Crippen LogP contribution in [0.3, 0.4) is 0 Å². The maximum absolute atomic E-state index is 13.3. The molecule has 4 nitrogen and oxygen atoms in total. The lowest BCUT2D eigenvalue weighted by Crippen LogP contribution is -2.28. The largest absolute Gasteiger partial charge is 0.496 e. The predicted molar refractivity (Wildman–Crippen MR) is 92.7 cm³/mol. The lowest BCUT2D eigenvalue weighted by Gasteiger charge is -2.10. The molecule has 0 saturated heterocycles. The summed E-state index contributed by atoms with van der Waals surface area (Å²) in [5.74, 6) is -0.326. The molecule has 6 heteroatoms. The van der Waals surface area contributed by atoms with Crippen molar-refractivity contribution in [3.8, 4) is 5.75 Å². The Kier molecular flexibility index (Phi) is 6.49. The van der Waals surface area contributed by atoms with Gasteiger partial charge in [0.15, 0.2) is 0 Å². The molecular weight excluding hydrogens is 329 g/mol. The minimum absolute atomic E-state index is 0.0682. The maximum Gasteiger partial charge on any atom is 0.232 e. The van der Waals surface area contributed by atoms with Crippen LogP contribution in [0.15, 0.2) is 42.5 Å². The van der Waals surface area contributed by atoms with E-state index >= 15 is 0 Å². The summed E-state index contributed by atoms with van der Waals surface area (Å²) in [6.07, 6.45) is 0. The van der Waals surface area contributed by atoms with Gasteiger partial charge in [-0.25, -0.2) is 4.39 Å². The van der Waals surface area contributed by atoms with Crippen LogP contribution in [0.4, 0.5) is 4.39 Å². The molecule has 0 bridgehead atoms. The van der Waals surface area contributed by atoms with E-state index in [9.17, 15) is 13.4 Å². The smallest absolute Gasteiger partial charge is 0.232 e. The van der Waals surface area contributed by atoms with E-state index in [4.69, 9.17) is 4.74 Å². The fraction of sp³-hybridized carbons (Fsp3) is 0.278. The second-order valence-electron chi connectivity index (χ2n) is 5.39. The molecule has 0 fully saturated rings. The first-order chi connectivity index (χ1) is 11.5. The van der Waals surface area contributed by atoms with E-state index in [2.05, 4.69) is 5.32 Å². The molecule has 0 heterocycles. The Hall–Kier alpha value is -2.21. The van der Waals surface area contributed by atoms with Gasteiger partial charge in [-0.1, -0.05) is 24.3 Å². The van der Waals surface area contributed by atoms with Gasteiger partial charge in [0.1, 0.15) is 17.3 Å². The highest BCUT2D eigenvalue weighted by Gasteiger charge is 2.12. The summed E-state index contributed by atoms with van der Waals surface area (Å²) >= 11 is 0. The van der Waals surface area contributed by atoms with Gasteiger partial charge in [0.2, 0.25) is 5.91 Å². The van der Waals surface area contributed by atoms with Gasteiger partial charge >= 0.3 is 0 Å². The molecule has 24 heavy (non-hydrogen) atoms. The Morgan fingerprint density at radius 3 is 2.67 bits per heavy atom. The van der Waals surface area contributed by atoms with Crippen molar-refractivity contribution >= 4 is 16.7 Å². The van der Waals surface area contributed by atoms with E-state index in [0.29, 0.717) is 17.9 Å². The number of hydrogen-bond donors (Lipinski definition) is 1. The fourth-order valence-corrected chi connectivity index (χ4v) is 3.35. The molecule has 0 aromatic heterocycles. The van der Waals surface area contributed by atoms with Crippen molar-refractivity contribution in [3.63, 3.8) is 0 Å². The van der Waals surface area contributed by atoms with Crippen LogP contribution in [0.5, 0.6) is 5.75 Å². The summed E-state index contributed by atoms with van der Waals surface area (Å²) in [5.41, 5.74) is 2.59. The molecule has 2 aromatic carbocycles. The van der Waals surface area contributed by atoms with Gasteiger partial charge in [-0.05, 0) is 36.2 Å². The van der Waals surface area contributed by atoms with Gasteiger partial charge in [0.05, 0.1) is 12.9 Å². The van der Waals surface area contributed by atoms with Crippen LogP contribution >= 0.6 is 0 Å². The summed E-state index contributed by atoms with van der Waals surface area (Å²) in [6, 6.07) is 11.8. The summed E-state index contributed by atoms with van der Waals surface area (Å²) in [7, 11) is 0.0236. The number of rotatable bonds is 7. The Morgan fingerprint density at radius 2 is 1.96 bits per heavy atom. The molecule has 0 spiro atoms. The summed E-state index contributed by atoms with van der Waals surface area (Å²) < 4.78 is 30.6. The van der Waals surface area contributed by atoms with Gasteiger partial charge in [-0.2, -0.15) is 0 Å². The van der Waals surface area contributed by atoms with E-state index in [1.807, 2.05) is 31.2 Å². The van der Waals surface area contributed by atoms with Crippen LogP contribution < -0.4 is 10.1 Å². The van der Waals surface area contributed by atoms with Crippen molar-refractivity contribution in [3.05, 3.63) is 65.0 Å². The number of benzene rings is 2. The standard InChI is InChI=1S/C18H20FNO3S/c1-13-5-3-4-6-14(13)10-20-18(21)12-24(22)11-15-9-16(19)7-8-17(15)23-2/h3-9H,10-12H2,1-2H3,(H,20,21). The Balaban J connectivity index is 1.89. The third kappa shape index (κ3) is 5.16. The highest BCUT2D eigenvalue weighted by Crippen LogP contribution is 2.20. The molecule has 0 aliphatic carbocycles. The molecule has 1 atom stereocenters. The molecular formula is C18H20FNO3S. The van der Waals surface area contributed by atoms with Crippen LogP contribution in [-0.2, 0) is 27.9 Å². The molecule has 1 N–H and O–H groups in total. The number of methoxy groups -OCH3 is 1. The lowest BCUT2D eigenvalue weighted by atomic mass is 10.1. The van der Waals surface area contributed by atoms with Crippen molar-refractivity contribution < 1.29 is 18.1 Å². The molecule has 0 aliphatic heterocycles. The summed E-state index contributed by atoms with van der Waals surface area (Å²) in [6.45, 7) is 2.36. The first-order valence-corrected chi connectivity index (χ1v) is 8.97. The van der Waals surface area contributed by atoms with E-state index in [0.717, 1.165) is 11.1 Å². The molecule has 0 saturated carbocycles. The van der Waals surface area contributed by atoms with Gasteiger partial charge in [0.25, 0.3) is 0 Å². The van der Waals surface area contributed by atoms with Crippen LogP contribution in [0.2, 0.25) is 0 Å². The highest BCUT2D eigenvalue weighted by molar-refractivity contribution is 7.84. The van der Waals surface area contributed by atoms with Crippen LogP contribution in [0.1, 0.15) is 16.7 Å². The van der Waals surface area contributed by atoms with E-state index < -0.39 is 16.6 Å². The zero-order valence-corrected chi connectivity index (χ0v) is 14.5. The second-order valence-corrected chi connectivity index (χ2v) is 6.84. The number of aryl methyl sites for hydroxylation is 1. The van der Waals surface area contributed by atoms with Gasteiger partial charge in [0, 0.05) is 22.9 Å². The van der Waals surface area contributed by atoms with Gasteiger partial charge < -0.3 is 10.1 Å². The minimum Gasteiger partial charge on any atom is -0.496 e. The lowest BCUT2D eigenvalue weighted by molar-refractivity contribution is -0.118. The van der Waals surface area contributed by atoms with Crippen molar-refractivity contribution in [2.75, 3.05) is 12.9 Å². The summed E-state index contributed by atoms with van der Waals surface area (Å²) in [4.78, 5) is 11.9. The number of hydrogen-bond acceptors (Lipinski definition) is 3. The van der Waals surface area contributed by atoms with Crippen molar-refractivity contribution in [1.29, 1.82) is 0 Å². The zero-order chi connectivity index (χ0) is 17.5. The van der Waals surface area contributed by atoms with E-state index in [1.54, 1.807) is 0 Å². The number of ether oxygens (including phenoxy) is 1. The van der Waals surface area contributed by atoms with Gasteiger partial charge in [-0.3, -0.25) is 9.00 Å². The average molecular weight is 349 g/mol. The minimum atomic E-state index is -1.44. The fourth-order valence-electron chi connectivity index (χ4n) is 2.28. The maximum atomic E-state index is 13.3. The number of nitrogens with one attached hydrogen (secondary N) is 1. The normalized spacial score (nSPS) is 11.8. The monoisotopic (exact) mass is 349 g/mol. The third-order valence-electron chi connectivity index (χ3n) is 3.59. The molecule has 2 aromatic rings. The van der Waals surface area contributed by atoms with E-state index in [-0.39, 0.29) is 17.4 Å². The Labute approximate surface area is 143 Å². The zero-order valence-electron chi connectivity index (χ0n) is 13.7. The number of carbonyl (C=O) groups excluding carboxylic acids is 1. The van der Waals surface area contributed by atoms with Crippen LogP contribution in [0, 0.1) is 12.7 Å². The topological polar surface area (TPSA) is 55.4 Å². The number of halogens is 1.